The van der Waals surface area contributed by atoms with Crippen LogP contribution in [0.25, 0.3) is 0 Å². The molecule has 0 atom stereocenters. The van der Waals surface area contributed by atoms with Gasteiger partial charge in [-0.15, -0.1) is 11.3 Å². The van der Waals surface area contributed by atoms with Crippen molar-refractivity contribution in [1.82, 2.24) is 9.88 Å². The van der Waals surface area contributed by atoms with Gasteiger partial charge in [-0.05, 0) is 13.3 Å². The zero-order valence-corrected chi connectivity index (χ0v) is 11.6. The zero-order valence-electron chi connectivity index (χ0n) is 10.8. The molecular formula is C12H19N3O2S. The number of nitrogens with one attached hydrogen (secondary N) is 1. The molecule has 0 bridgehead atoms. The first kappa shape index (κ1) is 14.6. The number of anilines is 1. The van der Waals surface area contributed by atoms with Gasteiger partial charge in [-0.3, -0.25) is 9.59 Å². The molecule has 0 radical (unpaired) electrons. The van der Waals surface area contributed by atoms with Gasteiger partial charge in [0.1, 0.15) is 0 Å². The van der Waals surface area contributed by atoms with Crippen LogP contribution in [0.15, 0.2) is 11.6 Å². The van der Waals surface area contributed by atoms with Gasteiger partial charge in [0.05, 0.1) is 6.54 Å². The van der Waals surface area contributed by atoms with E-state index >= 15 is 0 Å². The maximum absolute atomic E-state index is 11.8. The average Bonchev–Trinajstić information content (AvgIpc) is 2.85. The van der Waals surface area contributed by atoms with Gasteiger partial charge in [-0.2, -0.15) is 0 Å². The van der Waals surface area contributed by atoms with Crippen molar-refractivity contribution < 1.29 is 9.59 Å². The zero-order chi connectivity index (χ0) is 13.4. The van der Waals surface area contributed by atoms with Crippen LogP contribution in [0.3, 0.4) is 0 Å². The summed E-state index contributed by atoms with van der Waals surface area (Å²) in [5.41, 5.74) is 0. The number of rotatable bonds is 7. The van der Waals surface area contributed by atoms with Gasteiger partial charge in [0, 0.05) is 24.5 Å². The number of likely N-dealkylation sites (N-methyl/N-ethyl adjacent to an activating group) is 1. The Morgan fingerprint density at radius 1 is 1.44 bits per heavy atom. The van der Waals surface area contributed by atoms with Gasteiger partial charge in [0.15, 0.2) is 5.13 Å². The molecule has 1 N–H and O–H groups in total. The molecule has 0 aliphatic carbocycles. The molecule has 100 valence electrons. The van der Waals surface area contributed by atoms with Gasteiger partial charge in [-0.25, -0.2) is 4.98 Å². The van der Waals surface area contributed by atoms with Crippen molar-refractivity contribution in [2.24, 2.45) is 0 Å². The number of carbonyl (C=O) groups excluding carboxylic acids is 2. The lowest BCUT2D eigenvalue weighted by molar-refractivity contribution is -0.134. The second-order valence-electron chi connectivity index (χ2n) is 3.90. The van der Waals surface area contributed by atoms with Crippen LogP contribution in [0.4, 0.5) is 5.13 Å². The van der Waals surface area contributed by atoms with Crippen molar-refractivity contribution in [3.63, 3.8) is 0 Å². The fourth-order valence-corrected chi connectivity index (χ4v) is 2.02. The number of unbranched alkanes of at least 4 members (excludes halogenated alkanes) is 1. The largest absolute Gasteiger partial charge is 0.334 e. The van der Waals surface area contributed by atoms with Gasteiger partial charge in [0.2, 0.25) is 11.8 Å². The van der Waals surface area contributed by atoms with Crippen LogP contribution in [-0.4, -0.2) is 34.8 Å². The second kappa shape index (κ2) is 7.81. The molecule has 0 aromatic carbocycles. The quantitative estimate of drug-likeness (QED) is 0.824. The molecule has 0 unspecified atom stereocenters. The molecule has 1 aromatic heterocycles. The molecule has 0 aliphatic heterocycles. The van der Waals surface area contributed by atoms with Crippen molar-refractivity contribution in [1.29, 1.82) is 0 Å². The Bertz CT molecular complexity index is 379. The fourth-order valence-electron chi connectivity index (χ4n) is 1.48. The number of amides is 2. The third kappa shape index (κ3) is 4.83. The summed E-state index contributed by atoms with van der Waals surface area (Å²) in [6.45, 7) is 4.56. The summed E-state index contributed by atoms with van der Waals surface area (Å²) in [6, 6.07) is 0. The molecule has 5 nitrogen and oxygen atoms in total. The van der Waals surface area contributed by atoms with E-state index in [9.17, 15) is 9.59 Å². The molecule has 1 heterocycles. The minimum atomic E-state index is -0.198. The summed E-state index contributed by atoms with van der Waals surface area (Å²) in [5, 5.41) is 5.03. The third-order valence-electron chi connectivity index (χ3n) is 2.49. The highest BCUT2D eigenvalue weighted by Crippen LogP contribution is 2.10. The van der Waals surface area contributed by atoms with Gasteiger partial charge >= 0.3 is 0 Å². The monoisotopic (exact) mass is 269 g/mol. The summed E-state index contributed by atoms with van der Waals surface area (Å²) < 4.78 is 0. The van der Waals surface area contributed by atoms with Gasteiger partial charge < -0.3 is 10.2 Å². The van der Waals surface area contributed by atoms with E-state index in [-0.39, 0.29) is 18.4 Å². The Morgan fingerprint density at radius 2 is 2.22 bits per heavy atom. The van der Waals surface area contributed by atoms with Crippen molar-refractivity contribution >= 4 is 28.3 Å². The van der Waals surface area contributed by atoms with E-state index in [0.29, 0.717) is 18.1 Å². The molecule has 0 fully saturated rings. The molecule has 1 aromatic rings. The first-order valence-electron chi connectivity index (χ1n) is 6.14. The maximum atomic E-state index is 11.8. The van der Waals surface area contributed by atoms with Gasteiger partial charge in [0.25, 0.3) is 0 Å². The van der Waals surface area contributed by atoms with Gasteiger partial charge in [-0.1, -0.05) is 13.3 Å². The first-order chi connectivity index (χ1) is 8.67. The molecule has 0 saturated carbocycles. The molecule has 18 heavy (non-hydrogen) atoms. The maximum Gasteiger partial charge on any atom is 0.245 e. The van der Waals surface area contributed by atoms with Crippen LogP contribution in [0.1, 0.15) is 33.1 Å². The van der Waals surface area contributed by atoms with Crippen LogP contribution in [0.2, 0.25) is 0 Å². The number of hydrogen-bond acceptors (Lipinski definition) is 4. The molecule has 0 spiro atoms. The minimum Gasteiger partial charge on any atom is -0.334 e. The highest BCUT2D eigenvalue weighted by molar-refractivity contribution is 7.13. The number of hydrogen-bond donors (Lipinski definition) is 1. The Balaban J connectivity index is 2.42. The average molecular weight is 269 g/mol. The minimum absolute atomic E-state index is 0.0358. The summed E-state index contributed by atoms with van der Waals surface area (Å²) >= 11 is 1.36. The third-order valence-corrected chi connectivity index (χ3v) is 3.18. The Hall–Kier alpha value is -1.43. The number of nitrogens with zero attached hydrogens (tertiary/aromatic N) is 2. The Morgan fingerprint density at radius 3 is 2.78 bits per heavy atom. The Kier molecular flexibility index (Phi) is 6.35. The van der Waals surface area contributed by atoms with Crippen LogP contribution >= 0.6 is 11.3 Å². The second-order valence-corrected chi connectivity index (χ2v) is 4.79. The number of aromatic nitrogens is 1. The van der Waals surface area contributed by atoms with Crippen molar-refractivity contribution in [3.8, 4) is 0 Å². The van der Waals surface area contributed by atoms with Crippen molar-refractivity contribution in [2.75, 3.05) is 18.4 Å². The standard InChI is InChI=1S/C12H19N3O2S/c1-3-5-6-11(17)15(4-2)9-10(16)14-12-13-7-8-18-12/h7-8H,3-6,9H2,1-2H3,(H,13,14,16). The van der Waals surface area contributed by atoms with Crippen LogP contribution in [0.5, 0.6) is 0 Å². The normalized spacial score (nSPS) is 10.1. The smallest absolute Gasteiger partial charge is 0.245 e. The summed E-state index contributed by atoms with van der Waals surface area (Å²) in [5.74, 6) is -0.162. The summed E-state index contributed by atoms with van der Waals surface area (Å²) in [6.07, 6.45) is 3.98. The summed E-state index contributed by atoms with van der Waals surface area (Å²) in [7, 11) is 0. The highest BCUT2D eigenvalue weighted by atomic mass is 32.1. The topological polar surface area (TPSA) is 62.3 Å². The first-order valence-corrected chi connectivity index (χ1v) is 7.02. The van der Waals surface area contributed by atoms with E-state index in [0.717, 1.165) is 12.8 Å². The van der Waals surface area contributed by atoms with Crippen molar-refractivity contribution in [3.05, 3.63) is 11.6 Å². The molecular weight excluding hydrogens is 250 g/mol. The SMILES string of the molecule is CCCCC(=O)N(CC)CC(=O)Nc1nccs1. The molecule has 6 heteroatoms. The van der Waals surface area contributed by atoms with Crippen LogP contribution < -0.4 is 5.32 Å². The van der Waals surface area contributed by atoms with E-state index in [1.807, 2.05) is 13.8 Å². The van der Waals surface area contributed by atoms with E-state index in [1.165, 1.54) is 11.3 Å². The predicted molar refractivity (Wildman–Crippen MR) is 72.5 cm³/mol. The van der Waals surface area contributed by atoms with E-state index in [4.69, 9.17) is 0 Å². The predicted octanol–water partition coefficient (Wildman–Crippen LogP) is 2.12. The van der Waals surface area contributed by atoms with E-state index in [2.05, 4.69) is 10.3 Å². The van der Waals surface area contributed by atoms with Crippen LogP contribution in [-0.2, 0) is 9.59 Å². The summed E-state index contributed by atoms with van der Waals surface area (Å²) in [4.78, 5) is 29.1. The lowest BCUT2D eigenvalue weighted by atomic mass is 10.2. The molecule has 0 saturated heterocycles. The number of thiazole rings is 1. The fraction of sp³-hybridized carbons (Fsp3) is 0.583. The molecule has 0 aliphatic rings. The Labute approximate surface area is 111 Å². The molecule has 1 rings (SSSR count). The number of carbonyl (C=O) groups is 2. The van der Waals surface area contributed by atoms with E-state index < -0.39 is 0 Å². The lowest BCUT2D eigenvalue weighted by Crippen LogP contribution is -2.37. The van der Waals surface area contributed by atoms with E-state index in [1.54, 1.807) is 16.5 Å². The van der Waals surface area contributed by atoms with Crippen LogP contribution in [0, 0.1) is 0 Å². The van der Waals surface area contributed by atoms with Crippen molar-refractivity contribution in [2.45, 2.75) is 33.1 Å². The highest BCUT2D eigenvalue weighted by Gasteiger charge is 2.15. The lowest BCUT2D eigenvalue weighted by Gasteiger charge is -2.19. The molecule has 2 amide bonds.